The van der Waals surface area contributed by atoms with Crippen molar-refractivity contribution >= 4 is 21.5 Å². The summed E-state index contributed by atoms with van der Waals surface area (Å²) in [5.74, 6) is -1.64. The molecule has 0 unspecified atom stereocenters. The number of aromatic nitrogens is 1. The summed E-state index contributed by atoms with van der Waals surface area (Å²) in [6.45, 7) is 2.02. The summed E-state index contributed by atoms with van der Waals surface area (Å²) in [6, 6.07) is 18.7. The fourth-order valence-corrected chi connectivity index (χ4v) is 4.09. The Morgan fingerprint density at radius 3 is 2.11 bits per heavy atom. The molecule has 0 aliphatic heterocycles. The maximum atomic E-state index is 14.8. The van der Waals surface area contributed by atoms with E-state index in [-0.39, 0.29) is 10.9 Å². The Balaban J connectivity index is 1.52. The second kappa shape index (κ2) is 8.72. The lowest BCUT2D eigenvalue weighted by molar-refractivity contribution is -0.0696. The third-order valence-corrected chi connectivity index (χ3v) is 5.80. The molecule has 1 nitrogen and oxygen atoms in total. The number of rotatable bonds is 2. The van der Waals surface area contributed by atoms with Gasteiger partial charge in [0, 0.05) is 23.2 Å². The lowest BCUT2D eigenvalue weighted by Crippen LogP contribution is -2.03. The molecule has 0 amide bonds. The topological polar surface area (TPSA) is 12.9 Å². The van der Waals surface area contributed by atoms with E-state index in [0.29, 0.717) is 5.69 Å². The van der Waals surface area contributed by atoms with Crippen molar-refractivity contribution in [2.75, 3.05) is 0 Å². The van der Waals surface area contributed by atoms with Crippen LogP contribution in [0.4, 0.5) is 26.3 Å². The van der Waals surface area contributed by atoms with Crippen LogP contribution in [0.3, 0.4) is 0 Å². The van der Waals surface area contributed by atoms with Crippen molar-refractivity contribution in [3.63, 3.8) is 0 Å². The minimum Gasteiger partial charge on any atom is -0.256 e. The lowest BCUT2D eigenvalue weighted by atomic mass is 9.99. The zero-order valence-corrected chi connectivity index (χ0v) is 18.6. The minimum absolute atomic E-state index is 0.159. The fraction of sp³-hybridized carbons (Fsp3) is 0.0690. The van der Waals surface area contributed by atoms with Crippen LogP contribution in [0.1, 0.15) is 11.1 Å². The van der Waals surface area contributed by atoms with E-state index >= 15 is 0 Å². The summed E-state index contributed by atoms with van der Waals surface area (Å²) in [5.41, 5.74) is 2.40. The standard InChI is InChI=1S/C29H15F6N/c1-16-2-3-18-11-19(5-4-17(18)10-16)20-6-7-26(36-15-20)21-12-22-14-24(30)23(8-9-29(33,34)35)28(32)27(22)25(31)13-21/h2-7,10-15H,1H3. The number of pyridine rings is 1. The molecule has 0 radical (unpaired) electrons. The molecule has 0 spiro atoms. The van der Waals surface area contributed by atoms with Crippen molar-refractivity contribution in [1.82, 2.24) is 4.98 Å². The van der Waals surface area contributed by atoms with Gasteiger partial charge < -0.3 is 0 Å². The predicted molar refractivity (Wildman–Crippen MR) is 128 cm³/mol. The summed E-state index contributed by atoms with van der Waals surface area (Å²) >= 11 is 0. The molecule has 7 heteroatoms. The molecule has 0 fully saturated rings. The summed E-state index contributed by atoms with van der Waals surface area (Å²) in [7, 11) is 0. The van der Waals surface area contributed by atoms with Gasteiger partial charge in [-0.15, -0.1) is 0 Å². The van der Waals surface area contributed by atoms with Gasteiger partial charge in [0.1, 0.15) is 11.6 Å². The average Bonchev–Trinajstić information content (AvgIpc) is 2.82. The quantitative estimate of drug-likeness (QED) is 0.179. The molecule has 36 heavy (non-hydrogen) atoms. The molecule has 178 valence electrons. The largest absolute Gasteiger partial charge is 0.458 e. The van der Waals surface area contributed by atoms with Crippen LogP contribution in [-0.4, -0.2) is 11.2 Å². The molecule has 0 aliphatic carbocycles. The zero-order chi connectivity index (χ0) is 25.6. The first-order chi connectivity index (χ1) is 17.1. The highest BCUT2D eigenvalue weighted by Gasteiger charge is 2.24. The number of hydrogen-bond acceptors (Lipinski definition) is 1. The molecule has 4 aromatic carbocycles. The monoisotopic (exact) mass is 491 g/mol. The van der Waals surface area contributed by atoms with Gasteiger partial charge >= 0.3 is 6.18 Å². The molecular formula is C29H15F6N. The molecule has 1 aromatic heterocycles. The smallest absolute Gasteiger partial charge is 0.256 e. The average molecular weight is 491 g/mol. The maximum absolute atomic E-state index is 14.8. The number of aryl methyl sites for hydroxylation is 1. The highest BCUT2D eigenvalue weighted by atomic mass is 19.4. The molecule has 0 N–H and O–H groups in total. The van der Waals surface area contributed by atoms with Crippen LogP contribution >= 0.6 is 0 Å². The Labute approximate surface area is 202 Å². The van der Waals surface area contributed by atoms with Gasteiger partial charge in [-0.25, -0.2) is 13.2 Å². The van der Waals surface area contributed by atoms with Crippen molar-refractivity contribution in [3.05, 3.63) is 102 Å². The number of halogens is 6. The summed E-state index contributed by atoms with van der Waals surface area (Å²) in [4.78, 5) is 4.38. The molecule has 0 saturated carbocycles. The Bertz CT molecular complexity index is 1710. The minimum atomic E-state index is -4.94. The number of nitrogens with zero attached hydrogens (tertiary/aromatic N) is 1. The van der Waals surface area contributed by atoms with E-state index in [2.05, 4.69) is 11.1 Å². The van der Waals surface area contributed by atoms with Gasteiger partial charge in [-0.3, -0.25) is 4.98 Å². The molecule has 0 bridgehead atoms. The van der Waals surface area contributed by atoms with E-state index in [9.17, 15) is 26.3 Å². The Morgan fingerprint density at radius 1 is 0.694 bits per heavy atom. The Morgan fingerprint density at radius 2 is 1.39 bits per heavy atom. The SMILES string of the molecule is Cc1ccc2cc(-c3ccc(-c4cc(F)c5c(F)c(C#CC(F)(F)F)c(F)cc5c4)nc3)ccc2c1. The summed E-state index contributed by atoms with van der Waals surface area (Å²) in [5, 5.41) is 1.38. The van der Waals surface area contributed by atoms with E-state index in [4.69, 9.17) is 0 Å². The van der Waals surface area contributed by atoms with Crippen LogP contribution < -0.4 is 0 Å². The van der Waals surface area contributed by atoms with Crippen molar-refractivity contribution in [2.45, 2.75) is 13.1 Å². The van der Waals surface area contributed by atoms with Crippen LogP contribution in [0.5, 0.6) is 0 Å². The van der Waals surface area contributed by atoms with Crippen LogP contribution in [0, 0.1) is 36.2 Å². The molecule has 1 heterocycles. The maximum Gasteiger partial charge on any atom is 0.458 e. The van der Waals surface area contributed by atoms with Gasteiger partial charge in [0.15, 0.2) is 5.82 Å². The second-order valence-corrected chi connectivity index (χ2v) is 8.35. The van der Waals surface area contributed by atoms with Gasteiger partial charge in [-0.1, -0.05) is 47.9 Å². The molecule has 0 aliphatic rings. The van der Waals surface area contributed by atoms with Crippen molar-refractivity contribution in [3.8, 4) is 34.2 Å². The van der Waals surface area contributed by atoms with Crippen LogP contribution in [-0.2, 0) is 0 Å². The van der Waals surface area contributed by atoms with E-state index in [1.807, 2.05) is 37.3 Å². The van der Waals surface area contributed by atoms with Gasteiger partial charge in [0.25, 0.3) is 0 Å². The third-order valence-electron chi connectivity index (χ3n) is 5.80. The highest BCUT2D eigenvalue weighted by molar-refractivity contribution is 5.90. The van der Waals surface area contributed by atoms with E-state index in [1.54, 1.807) is 18.3 Å². The second-order valence-electron chi connectivity index (χ2n) is 8.35. The normalized spacial score (nSPS) is 11.5. The van der Waals surface area contributed by atoms with E-state index in [1.165, 1.54) is 12.0 Å². The first kappa shape index (κ1) is 23.4. The Kier molecular flexibility index (Phi) is 5.68. The first-order valence-corrected chi connectivity index (χ1v) is 10.8. The predicted octanol–water partition coefficient (Wildman–Crippen LogP) is 8.36. The van der Waals surface area contributed by atoms with Crippen LogP contribution in [0.15, 0.2) is 72.9 Å². The van der Waals surface area contributed by atoms with E-state index < -0.39 is 34.6 Å². The highest BCUT2D eigenvalue weighted by Crippen LogP contribution is 2.32. The van der Waals surface area contributed by atoms with Crippen molar-refractivity contribution in [2.24, 2.45) is 0 Å². The molecule has 0 saturated heterocycles. The zero-order valence-electron chi connectivity index (χ0n) is 18.6. The first-order valence-electron chi connectivity index (χ1n) is 10.8. The molecule has 5 rings (SSSR count). The molecule has 0 atom stereocenters. The molecule has 5 aromatic rings. The van der Waals surface area contributed by atoms with Gasteiger partial charge in [-0.05, 0) is 59.0 Å². The summed E-state index contributed by atoms with van der Waals surface area (Å²) in [6.07, 6.45) is -3.33. The summed E-state index contributed by atoms with van der Waals surface area (Å²) < 4.78 is 81.0. The lowest BCUT2D eigenvalue weighted by Gasteiger charge is -2.09. The van der Waals surface area contributed by atoms with Gasteiger partial charge in [0.2, 0.25) is 0 Å². The number of benzene rings is 4. The Hall–Kier alpha value is -4.31. The van der Waals surface area contributed by atoms with Gasteiger partial charge in [-0.2, -0.15) is 13.2 Å². The van der Waals surface area contributed by atoms with E-state index in [0.717, 1.165) is 45.5 Å². The van der Waals surface area contributed by atoms with Crippen molar-refractivity contribution < 1.29 is 26.3 Å². The van der Waals surface area contributed by atoms with Crippen LogP contribution in [0.25, 0.3) is 43.9 Å². The number of hydrogen-bond donors (Lipinski definition) is 0. The van der Waals surface area contributed by atoms with Gasteiger partial charge in [0.05, 0.1) is 16.6 Å². The fourth-order valence-electron chi connectivity index (χ4n) is 4.09. The van der Waals surface area contributed by atoms with Crippen LogP contribution in [0.2, 0.25) is 0 Å². The molecular weight excluding hydrogens is 476 g/mol. The third kappa shape index (κ3) is 4.50. The van der Waals surface area contributed by atoms with Crippen molar-refractivity contribution in [1.29, 1.82) is 0 Å². The number of fused-ring (bicyclic) bond motifs is 2. The number of alkyl halides is 3.